The summed E-state index contributed by atoms with van der Waals surface area (Å²) >= 11 is 3.37. The van der Waals surface area contributed by atoms with Crippen molar-refractivity contribution < 1.29 is 14.4 Å². The van der Waals surface area contributed by atoms with Crippen molar-refractivity contribution in [3.63, 3.8) is 0 Å². The van der Waals surface area contributed by atoms with E-state index in [0.29, 0.717) is 17.8 Å². The van der Waals surface area contributed by atoms with E-state index in [2.05, 4.69) is 26.6 Å². The highest BCUT2D eigenvalue weighted by atomic mass is 79.9. The highest BCUT2D eigenvalue weighted by Crippen LogP contribution is 2.27. The second-order valence-electron chi connectivity index (χ2n) is 7.04. The zero-order chi connectivity index (χ0) is 20.3. The maximum atomic E-state index is 12.8. The van der Waals surface area contributed by atoms with Crippen molar-refractivity contribution in [2.45, 2.75) is 26.3 Å². The molecule has 28 heavy (non-hydrogen) atoms. The van der Waals surface area contributed by atoms with Gasteiger partial charge in [-0.05, 0) is 50.2 Å². The van der Waals surface area contributed by atoms with Crippen LogP contribution in [-0.4, -0.2) is 30.3 Å². The molecule has 1 atom stereocenters. The fraction of sp³-hybridized carbons (Fsp3) is 0.286. The van der Waals surface area contributed by atoms with Gasteiger partial charge in [0.2, 0.25) is 11.8 Å². The molecule has 0 aliphatic carbocycles. The molecule has 0 saturated carbocycles. The molecular formula is C21H22BrN3O3. The predicted octanol–water partition coefficient (Wildman–Crippen LogP) is 3.58. The Kier molecular flexibility index (Phi) is 6.14. The van der Waals surface area contributed by atoms with Crippen LogP contribution in [0.4, 0.5) is 11.4 Å². The first kappa shape index (κ1) is 20.1. The maximum Gasteiger partial charge on any atom is 0.253 e. The Morgan fingerprint density at radius 1 is 1.11 bits per heavy atom. The Morgan fingerprint density at radius 2 is 1.79 bits per heavy atom. The lowest BCUT2D eigenvalue weighted by atomic mass is 10.1. The molecule has 1 saturated heterocycles. The lowest BCUT2D eigenvalue weighted by Crippen LogP contribution is -2.32. The Morgan fingerprint density at radius 3 is 2.46 bits per heavy atom. The first-order valence-corrected chi connectivity index (χ1v) is 9.91. The molecule has 2 N–H and O–H groups in total. The minimum Gasteiger partial charge on any atom is -0.350 e. The van der Waals surface area contributed by atoms with Gasteiger partial charge in [0.1, 0.15) is 0 Å². The number of para-hydroxylation sites is 1. The average molecular weight is 444 g/mol. The molecule has 1 aliphatic rings. The maximum absolute atomic E-state index is 12.8. The second-order valence-corrected chi connectivity index (χ2v) is 7.96. The number of carbonyl (C=O) groups is 3. The van der Waals surface area contributed by atoms with Gasteiger partial charge in [0, 0.05) is 29.2 Å². The minimum atomic E-state index is -0.475. The number of anilines is 2. The lowest BCUT2D eigenvalue weighted by molar-refractivity contribution is -0.122. The number of nitrogens with zero attached hydrogens (tertiary/aromatic N) is 1. The van der Waals surface area contributed by atoms with Crippen LogP contribution >= 0.6 is 15.9 Å². The molecule has 2 aromatic carbocycles. The number of benzene rings is 2. The third-order valence-electron chi connectivity index (χ3n) is 4.48. The summed E-state index contributed by atoms with van der Waals surface area (Å²) in [5, 5.41) is 5.65. The summed E-state index contributed by atoms with van der Waals surface area (Å²) in [7, 11) is 0. The van der Waals surface area contributed by atoms with Crippen LogP contribution in [0, 0.1) is 5.92 Å². The second kappa shape index (κ2) is 8.56. The zero-order valence-electron chi connectivity index (χ0n) is 15.7. The highest BCUT2D eigenvalue weighted by molar-refractivity contribution is 9.10. The number of hydrogen-bond acceptors (Lipinski definition) is 3. The molecule has 0 radical (unpaired) electrons. The van der Waals surface area contributed by atoms with Gasteiger partial charge in [-0.25, -0.2) is 0 Å². The van der Waals surface area contributed by atoms with E-state index in [4.69, 9.17) is 0 Å². The topological polar surface area (TPSA) is 78.5 Å². The van der Waals surface area contributed by atoms with Crippen LogP contribution in [0.5, 0.6) is 0 Å². The van der Waals surface area contributed by atoms with Crippen LogP contribution < -0.4 is 15.5 Å². The molecule has 0 aromatic heterocycles. The third kappa shape index (κ3) is 4.59. The van der Waals surface area contributed by atoms with Crippen LogP contribution in [0.3, 0.4) is 0 Å². The molecule has 1 heterocycles. The number of amides is 3. The van der Waals surface area contributed by atoms with Gasteiger partial charge < -0.3 is 15.5 Å². The van der Waals surface area contributed by atoms with Gasteiger partial charge in [-0.2, -0.15) is 0 Å². The Hall–Kier alpha value is -2.67. The molecule has 7 heteroatoms. The monoisotopic (exact) mass is 443 g/mol. The van der Waals surface area contributed by atoms with Gasteiger partial charge in [-0.1, -0.05) is 28.1 Å². The van der Waals surface area contributed by atoms with Crippen molar-refractivity contribution in [2.24, 2.45) is 5.92 Å². The normalized spacial score (nSPS) is 16.4. The molecule has 6 nitrogen and oxygen atoms in total. The van der Waals surface area contributed by atoms with Crippen LogP contribution in [0.2, 0.25) is 0 Å². The van der Waals surface area contributed by atoms with Crippen LogP contribution in [0.25, 0.3) is 0 Å². The quantitative estimate of drug-likeness (QED) is 0.740. The number of nitrogens with one attached hydrogen (secondary N) is 2. The fourth-order valence-electron chi connectivity index (χ4n) is 3.12. The van der Waals surface area contributed by atoms with Gasteiger partial charge in [0.15, 0.2) is 0 Å². The van der Waals surface area contributed by atoms with E-state index < -0.39 is 5.92 Å². The van der Waals surface area contributed by atoms with Gasteiger partial charge in [-0.3, -0.25) is 14.4 Å². The molecule has 3 amide bonds. The van der Waals surface area contributed by atoms with E-state index in [9.17, 15) is 14.4 Å². The van der Waals surface area contributed by atoms with Crippen LogP contribution in [0.1, 0.15) is 30.6 Å². The molecule has 1 fully saturated rings. The highest BCUT2D eigenvalue weighted by Gasteiger charge is 2.35. The molecule has 0 unspecified atom stereocenters. The number of halogens is 1. The Balaban J connectivity index is 1.71. The largest absolute Gasteiger partial charge is 0.350 e. The summed E-state index contributed by atoms with van der Waals surface area (Å²) in [6, 6.07) is 14.3. The number of carbonyl (C=O) groups excluding carboxylic acids is 3. The lowest BCUT2D eigenvalue weighted by Gasteiger charge is -2.17. The minimum absolute atomic E-state index is 0.0109. The van der Waals surface area contributed by atoms with E-state index >= 15 is 0 Å². The van der Waals surface area contributed by atoms with E-state index in [0.717, 1.165) is 10.2 Å². The van der Waals surface area contributed by atoms with Crippen molar-refractivity contribution >= 4 is 45.0 Å². The van der Waals surface area contributed by atoms with Crippen LogP contribution in [0.15, 0.2) is 53.0 Å². The third-order valence-corrected chi connectivity index (χ3v) is 5.01. The molecular weight excluding hydrogens is 422 g/mol. The van der Waals surface area contributed by atoms with Gasteiger partial charge in [0.25, 0.3) is 5.91 Å². The van der Waals surface area contributed by atoms with Crippen LogP contribution in [-0.2, 0) is 9.59 Å². The fourth-order valence-corrected chi connectivity index (χ4v) is 3.38. The molecule has 2 aromatic rings. The standard InChI is InChI=1S/C21H22BrN3O3/c1-13(2)23-21(28)17-5-3-4-6-18(17)24-20(27)14-11-19(26)25(12-14)16-9-7-15(22)8-10-16/h3-10,13-14H,11-12H2,1-2H3,(H,23,28)(H,24,27)/t14-/m1/s1. The van der Waals surface area contributed by atoms with Crippen molar-refractivity contribution in [1.29, 1.82) is 0 Å². The summed E-state index contributed by atoms with van der Waals surface area (Å²) in [6.45, 7) is 4.06. The van der Waals surface area contributed by atoms with Gasteiger partial charge in [-0.15, -0.1) is 0 Å². The summed E-state index contributed by atoms with van der Waals surface area (Å²) in [5.74, 6) is -1.08. The van der Waals surface area contributed by atoms with Crippen molar-refractivity contribution in [2.75, 3.05) is 16.8 Å². The molecule has 0 spiro atoms. The Bertz CT molecular complexity index is 896. The van der Waals surface area contributed by atoms with Gasteiger partial charge in [0.05, 0.1) is 17.2 Å². The van der Waals surface area contributed by atoms with E-state index in [-0.39, 0.29) is 30.2 Å². The number of rotatable bonds is 5. The van der Waals surface area contributed by atoms with E-state index in [1.165, 1.54) is 0 Å². The van der Waals surface area contributed by atoms with Crippen molar-refractivity contribution in [1.82, 2.24) is 5.32 Å². The molecule has 146 valence electrons. The van der Waals surface area contributed by atoms with E-state index in [1.54, 1.807) is 29.2 Å². The molecule has 0 bridgehead atoms. The first-order valence-electron chi connectivity index (χ1n) is 9.12. The smallest absolute Gasteiger partial charge is 0.253 e. The summed E-state index contributed by atoms with van der Waals surface area (Å²) < 4.78 is 0.925. The predicted molar refractivity (Wildman–Crippen MR) is 112 cm³/mol. The van der Waals surface area contributed by atoms with Crippen molar-refractivity contribution in [3.8, 4) is 0 Å². The van der Waals surface area contributed by atoms with Gasteiger partial charge >= 0.3 is 0 Å². The SMILES string of the molecule is CC(C)NC(=O)c1ccccc1NC(=O)[C@@H]1CC(=O)N(c2ccc(Br)cc2)C1. The molecule has 1 aliphatic heterocycles. The zero-order valence-corrected chi connectivity index (χ0v) is 17.3. The van der Waals surface area contributed by atoms with E-state index in [1.807, 2.05) is 38.1 Å². The summed E-state index contributed by atoms with van der Waals surface area (Å²) in [6.07, 6.45) is 0.141. The summed E-state index contributed by atoms with van der Waals surface area (Å²) in [5.41, 5.74) is 1.61. The number of hydrogen-bond donors (Lipinski definition) is 2. The molecule has 3 rings (SSSR count). The summed E-state index contributed by atoms with van der Waals surface area (Å²) in [4.78, 5) is 39.1. The average Bonchev–Trinajstić information content (AvgIpc) is 3.04. The Labute approximate surface area is 172 Å². The van der Waals surface area contributed by atoms with Crippen molar-refractivity contribution in [3.05, 3.63) is 58.6 Å². The first-order chi connectivity index (χ1) is 13.3.